The molecule has 0 aromatic heterocycles. The van der Waals surface area contributed by atoms with E-state index in [4.69, 9.17) is 0 Å². The van der Waals surface area contributed by atoms with Crippen LogP contribution in [0.25, 0.3) is 76.8 Å². The predicted octanol–water partition coefficient (Wildman–Crippen LogP) is 19.7. The summed E-state index contributed by atoms with van der Waals surface area (Å²) < 4.78 is 29.7. The molecule has 0 N–H and O–H groups in total. The van der Waals surface area contributed by atoms with Crippen LogP contribution in [0.15, 0.2) is 231 Å². The number of hydrogen-bond donors (Lipinski definition) is 0. The molecule has 0 radical (unpaired) electrons. The van der Waals surface area contributed by atoms with Crippen molar-refractivity contribution < 1.29 is 8.78 Å². The fraction of sp³-hybridized carbons (Fsp3) is 0.0857. The number of halogens is 2. The lowest BCUT2D eigenvalue weighted by atomic mass is 9.82. The van der Waals surface area contributed by atoms with Gasteiger partial charge in [0.25, 0.3) is 0 Å². The summed E-state index contributed by atoms with van der Waals surface area (Å²) in [4.78, 5) is 4.87. The molecule has 0 unspecified atom stereocenters. The minimum atomic E-state index is -0.265. The lowest BCUT2D eigenvalue weighted by molar-refractivity contribution is 0.628. The maximum absolute atomic E-state index is 14.9. The second-order valence-corrected chi connectivity index (χ2v) is 21.1. The summed E-state index contributed by atoms with van der Waals surface area (Å²) in [5.41, 5.74) is 19.4. The molecule has 14 rings (SSSR count). The summed E-state index contributed by atoms with van der Waals surface area (Å²) in [6.45, 7) is 9.31. The fourth-order valence-corrected chi connectivity index (χ4v) is 12.8. The number of benzene rings is 12. The summed E-state index contributed by atoms with van der Waals surface area (Å²) in [6, 6.07) is 80.2. The van der Waals surface area contributed by atoms with Gasteiger partial charge in [0.2, 0.25) is 0 Å². The van der Waals surface area contributed by atoms with Crippen LogP contribution in [0.2, 0.25) is 0 Å². The number of nitrogens with zero attached hydrogens (tertiary/aromatic N) is 2. The van der Waals surface area contributed by atoms with Gasteiger partial charge >= 0.3 is 0 Å². The van der Waals surface area contributed by atoms with Gasteiger partial charge < -0.3 is 9.80 Å². The Morgan fingerprint density at radius 3 is 1.11 bits per heavy atom. The number of anilines is 6. The van der Waals surface area contributed by atoms with E-state index in [0.29, 0.717) is 0 Å². The Bertz CT molecular complexity index is 3990. The summed E-state index contributed by atoms with van der Waals surface area (Å²) in [5, 5.41) is 6.89. The van der Waals surface area contributed by atoms with Crippen molar-refractivity contribution in [2.45, 2.75) is 38.5 Å². The second-order valence-electron chi connectivity index (χ2n) is 21.1. The quantitative estimate of drug-likeness (QED) is 0.140. The van der Waals surface area contributed by atoms with E-state index in [9.17, 15) is 8.78 Å². The maximum atomic E-state index is 14.9. The molecule has 0 aliphatic heterocycles. The zero-order valence-electron chi connectivity index (χ0n) is 41.6. The number of rotatable bonds is 8. The molecule has 0 atom stereocenters. The summed E-state index contributed by atoms with van der Waals surface area (Å²) in [7, 11) is 0. The molecular formula is C70H50F2N2. The van der Waals surface area contributed by atoms with Gasteiger partial charge in [-0.1, -0.05) is 185 Å². The van der Waals surface area contributed by atoms with Crippen LogP contribution in [0.5, 0.6) is 0 Å². The Balaban J connectivity index is 1.04. The predicted molar refractivity (Wildman–Crippen MR) is 305 cm³/mol. The molecule has 0 saturated heterocycles. The highest BCUT2D eigenvalue weighted by molar-refractivity contribution is 6.28. The first-order valence-corrected chi connectivity index (χ1v) is 25.5. The van der Waals surface area contributed by atoms with E-state index >= 15 is 0 Å². The molecule has 0 fully saturated rings. The van der Waals surface area contributed by atoms with E-state index in [0.717, 1.165) is 77.9 Å². The van der Waals surface area contributed by atoms with Crippen molar-refractivity contribution in [2.75, 3.05) is 9.80 Å². The highest BCUT2D eigenvalue weighted by atomic mass is 19.1. The summed E-state index contributed by atoms with van der Waals surface area (Å²) >= 11 is 0. The lowest BCUT2D eigenvalue weighted by Crippen LogP contribution is -2.16. The first-order chi connectivity index (χ1) is 36.0. The Labute approximate surface area is 430 Å². The molecule has 354 valence electrons. The molecule has 0 spiro atoms. The van der Waals surface area contributed by atoms with Crippen LogP contribution in [0.3, 0.4) is 0 Å². The fourth-order valence-electron chi connectivity index (χ4n) is 12.8. The molecule has 74 heavy (non-hydrogen) atoms. The third kappa shape index (κ3) is 6.54. The van der Waals surface area contributed by atoms with Crippen molar-refractivity contribution in [3.05, 3.63) is 264 Å². The van der Waals surface area contributed by atoms with E-state index in [-0.39, 0.29) is 22.5 Å². The van der Waals surface area contributed by atoms with Gasteiger partial charge in [-0.25, -0.2) is 8.78 Å². The van der Waals surface area contributed by atoms with Gasteiger partial charge in [0.1, 0.15) is 11.6 Å². The lowest BCUT2D eigenvalue weighted by Gasteiger charge is -2.32. The van der Waals surface area contributed by atoms with Crippen LogP contribution < -0.4 is 9.80 Å². The first kappa shape index (κ1) is 43.9. The van der Waals surface area contributed by atoms with Gasteiger partial charge in [-0.05, 0) is 150 Å². The average molecular weight is 957 g/mol. The molecule has 2 aliphatic rings. The van der Waals surface area contributed by atoms with Gasteiger partial charge in [-0.15, -0.1) is 0 Å². The van der Waals surface area contributed by atoms with Crippen molar-refractivity contribution in [1.29, 1.82) is 0 Å². The Morgan fingerprint density at radius 1 is 0.311 bits per heavy atom. The van der Waals surface area contributed by atoms with Crippen molar-refractivity contribution in [3.63, 3.8) is 0 Å². The Kier molecular flexibility index (Phi) is 9.68. The van der Waals surface area contributed by atoms with Crippen molar-refractivity contribution in [2.24, 2.45) is 0 Å². The van der Waals surface area contributed by atoms with Gasteiger partial charge in [0.05, 0.1) is 22.7 Å². The van der Waals surface area contributed by atoms with Crippen LogP contribution in [0.4, 0.5) is 42.9 Å². The molecule has 0 heterocycles. The molecule has 2 nitrogen and oxygen atoms in total. The zero-order chi connectivity index (χ0) is 50.0. The summed E-state index contributed by atoms with van der Waals surface area (Å²) in [5.74, 6) is -0.530. The maximum Gasteiger partial charge on any atom is 0.123 e. The molecule has 12 aromatic carbocycles. The Morgan fingerprint density at radius 2 is 0.676 bits per heavy atom. The molecular weight excluding hydrogens is 907 g/mol. The van der Waals surface area contributed by atoms with Crippen molar-refractivity contribution >= 4 is 66.4 Å². The van der Waals surface area contributed by atoms with E-state index in [1.807, 2.05) is 12.1 Å². The number of hydrogen-bond acceptors (Lipinski definition) is 2. The standard InChI is InChI=1S/C70H50F2N2/c1-69(2)57-25-7-5-23-53(57)67-59(69)27-13-29-63(67)73(51-21-11-17-47(41-51)45-15-9-19-49(71)39-45)61-37-33-43-32-36-56-62(38-34-44-31-35-55(61)65(43)66(44)56)74(52-22-12-18-48(42-52)46-16-10-20-50(72)40-46)64-30-14-28-60-68(64)54-24-6-8-26-58(54)70(60,3)4/h5-42H,1-4H3. The van der Waals surface area contributed by atoms with Crippen LogP contribution in [-0.2, 0) is 10.8 Å². The van der Waals surface area contributed by atoms with Crippen LogP contribution in [0.1, 0.15) is 49.9 Å². The minimum Gasteiger partial charge on any atom is -0.309 e. The normalized spacial score (nSPS) is 13.8. The summed E-state index contributed by atoms with van der Waals surface area (Å²) in [6.07, 6.45) is 0. The SMILES string of the molecule is CC1(C)c2ccccc2-c2c(N(c3cccc(-c4cccc(F)c4)c3)c3ccc4ccc5c(N(c6cccc(-c7cccc(F)c7)c6)c6cccc7c6-c6ccccc6C7(C)C)ccc6ccc3c4c65)cccc21. The largest absolute Gasteiger partial charge is 0.309 e. The van der Waals surface area contributed by atoms with E-state index in [1.54, 1.807) is 24.3 Å². The first-order valence-electron chi connectivity index (χ1n) is 25.5. The van der Waals surface area contributed by atoms with E-state index in [2.05, 4.69) is 219 Å². The number of fused-ring (bicyclic) bond motifs is 6. The molecule has 0 saturated carbocycles. The van der Waals surface area contributed by atoms with Crippen LogP contribution >= 0.6 is 0 Å². The van der Waals surface area contributed by atoms with E-state index in [1.165, 1.54) is 67.4 Å². The molecule has 2 aliphatic carbocycles. The molecule has 12 aromatic rings. The van der Waals surface area contributed by atoms with Crippen molar-refractivity contribution in [1.82, 2.24) is 0 Å². The van der Waals surface area contributed by atoms with E-state index < -0.39 is 0 Å². The van der Waals surface area contributed by atoms with Gasteiger partial charge in [0, 0.05) is 44.1 Å². The average Bonchev–Trinajstić information content (AvgIpc) is 3.81. The minimum absolute atomic E-state index is 0.213. The zero-order valence-corrected chi connectivity index (χ0v) is 41.6. The van der Waals surface area contributed by atoms with Gasteiger partial charge in [0.15, 0.2) is 0 Å². The smallest absolute Gasteiger partial charge is 0.123 e. The van der Waals surface area contributed by atoms with Crippen LogP contribution in [0, 0.1) is 11.6 Å². The highest BCUT2D eigenvalue weighted by Gasteiger charge is 2.40. The Hall–Kier alpha value is -8.86. The monoisotopic (exact) mass is 956 g/mol. The topological polar surface area (TPSA) is 6.48 Å². The molecule has 0 bridgehead atoms. The molecule has 4 heteroatoms. The molecule has 0 amide bonds. The highest BCUT2D eigenvalue weighted by Crippen LogP contribution is 2.58. The van der Waals surface area contributed by atoms with Gasteiger partial charge in [-0.3, -0.25) is 0 Å². The van der Waals surface area contributed by atoms with Gasteiger partial charge in [-0.2, -0.15) is 0 Å². The third-order valence-electron chi connectivity index (χ3n) is 16.3. The van der Waals surface area contributed by atoms with Crippen LogP contribution in [-0.4, -0.2) is 0 Å². The van der Waals surface area contributed by atoms with Crippen molar-refractivity contribution in [3.8, 4) is 44.5 Å². The second kappa shape index (κ2) is 16.3. The third-order valence-corrected chi connectivity index (χ3v) is 16.3.